The Morgan fingerprint density at radius 2 is 0.589 bits per heavy atom. The zero-order valence-corrected chi connectivity index (χ0v) is 38.6. The highest BCUT2D eigenvalue weighted by Gasteiger charge is 2.03. The minimum absolute atomic E-state index is 0.0182. The second-order valence-corrected chi connectivity index (χ2v) is 17.9. The van der Waals surface area contributed by atoms with Crippen molar-refractivity contribution < 1.29 is 14.6 Å². The Morgan fingerprint density at radius 3 is 0.893 bits per heavy atom. The molecule has 0 heterocycles. The minimum atomic E-state index is 0.0182. The summed E-state index contributed by atoms with van der Waals surface area (Å²) in [4.78, 5) is 12.0. The van der Waals surface area contributed by atoms with E-state index in [-0.39, 0.29) is 5.97 Å². The number of aliphatic hydroxyl groups is 1. The van der Waals surface area contributed by atoms with Crippen LogP contribution in [0, 0.1) is 0 Å². The van der Waals surface area contributed by atoms with Gasteiger partial charge in [-0.25, -0.2) is 0 Å². The maximum Gasteiger partial charge on any atom is 0.305 e. The summed E-state index contributed by atoms with van der Waals surface area (Å²) in [5.41, 5.74) is 0. The molecule has 0 saturated heterocycles. The number of esters is 1. The number of hydrogen-bond donors (Lipinski definition) is 1. The molecule has 3 heteroatoms. The van der Waals surface area contributed by atoms with Crippen LogP contribution in [-0.2, 0) is 9.53 Å². The number of ether oxygens (including phenoxy) is 1. The van der Waals surface area contributed by atoms with Crippen molar-refractivity contribution in [1.82, 2.24) is 0 Å². The lowest BCUT2D eigenvalue weighted by atomic mass is 10.0. The summed E-state index contributed by atoms with van der Waals surface area (Å²) in [7, 11) is 0. The van der Waals surface area contributed by atoms with Crippen LogP contribution in [-0.4, -0.2) is 24.3 Å². The second kappa shape index (κ2) is 52.2. The van der Waals surface area contributed by atoms with Crippen molar-refractivity contribution in [3.8, 4) is 0 Å². The Kier molecular flexibility index (Phi) is 51.4. The topological polar surface area (TPSA) is 46.5 Å². The third-order valence-electron chi connectivity index (χ3n) is 12.2. The van der Waals surface area contributed by atoms with Crippen molar-refractivity contribution in [2.45, 2.75) is 309 Å². The SMILES string of the molecule is CCCCCC/C=C\CCCCCCCC(=O)OCCCCCCCCCCCCCCCCCCCCCCCCCCCCCCCCCCCCCO. The van der Waals surface area contributed by atoms with Gasteiger partial charge in [0, 0.05) is 13.0 Å². The molecule has 3 nitrogen and oxygen atoms in total. The predicted octanol–water partition coefficient (Wildman–Crippen LogP) is 18.4. The number of aliphatic hydroxyl groups excluding tert-OH is 1. The van der Waals surface area contributed by atoms with Gasteiger partial charge in [-0.15, -0.1) is 0 Å². The number of rotatable bonds is 50. The summed E-state index contributed by atoms with van der Waals surface area (Å²) in [6, 6.07) is 0. The molecule has 0 aromatic heterocycles. The van der Waals surface area contributed by atoms with Crippen LogP contribution in [0.2, 0.25) is 0 Å². The lowest BCUT2D eigenvalue weighted by molar-refractivity contribution is -0.143. The molecular weight excluding hydrogens is 685 g/mol. The first-order valence-corrected chi connectivity index (χ1v) is 26.2. The third-order valence-corrected chi connectivity index (χ3v) is 12.2. The molecule has 0 atom stereocenters. The van der Waals surface area contributed by atoms with Crippen LogP contribution in [0.4, 0.5) is 0 Å². The van der Waals surface area contributed by atoms with Gasteiger partial charge in [0.25, 0.3) is 0 Å². The first kappa shape index (κ1) is 55.2. The van der Waals surface area contributed by atoms with E-state index in [9.17, 15) is 4.79 Å². The molecule has 0 aliphatic carbocycles. The van der Waals surface area contributed by atoms with Crippen molar-refractivity contribution in [3.63, 3.8) is 0 Å². The number of carbonyl (C=O) groups excluding carboxylic acids is 1. The third kappa shape index (κ3) is 51.2. The number of allylic oxidation sites excluding steroid dienone is 2. The van der Waals surface area contributed by atoms with E-state index in [1.165, 1.54) is 270 Å². The average molecular weight is 789 g/mol. The molecule has 56 heavy (non-hydrogen) atoms. The van der Waals surface area contributed by atoms with Crippen LogP contribution in [0.15, 0.2) is 12.2 Å². The van der Waals surface area contributed by atoms with E-state index in [1.807, 2.05) is 0 Å². The van der Waals surface area contributed by atoms with E-state index in [0.717, 1.165) is 25.7 Å². The van der Waals surface area contributed by atoms with Gasteiger partial charge in [0.1, 0.15) is 0 Å². The van der Waals surface area contributed by atoms with Crippen molar-refractivity contribution in [2.24, 2.45) is 0 Å². The van der Waals surface area contributed by atoms with E-state index in [4.69, 9.17) is 9.84 Å². The lowest BCUT2D eigenvalue weighted by Crippen LogP contribution is -2.05. The van der Waals surface area contributed by atoms with Gasteiger partial charge in [0.15, 0.2) is 0 Å². The van der Waals surface area contributed by atoms with E-state index in [2.05, 4.69) is 19.1 Å². The van der Waals surface area contributed by atoms with E-state index < -0.39 is 0 Å². The molecule has 0 rings (SSSR count). The monoisotopic (exact) mass is 789 g/mol. The molecule has 334 valence electrons. The van der Waals surface area contributed by atoms with E-state index in [1.54, 1.807) is 0 Å². The molecule has 0 bridgehead atoms. The zero-order chi connectivity index (χ0) is 40.3. The number of unbranched alkanes of at least 4 members (excludes halogenated alkanes) is 43. The van der Waals surface area contributed by atoms with Gasteiger partial charge in [0.2, 0.25) is 0 Å². The molecule has 1 N–H and O–H groups in total. The Hall–Kier alpha value is -0.830. The van der Waals surface area contributed by atoms with Crippen LogP contribution in [0.5, 0.6) is 0 Å². The molecule has 0 fully saturated rings. The molecule has 0 amide bonds. The van der Waals surface area contributed by atoms with Crippen LogP contribution in [0.3, 0.4) is 0 Å². The standard InChI is InChI=1S/C53H104O3/c1-2-3-4-5-6-7-8-32-35-38-41-44-47-50-53(55)56-52-49-46-43-40-37-34-31-29-27-25-23-21-19-17-15-13-11-9-10-12-14-16-18-20-22-24-26-28-30-33-36-39-42-45-48-51-54/h7-8,54H,2-6,9-52H2,1H3/b8-7-. The molecule has 0 aromatic carbocycles. The normalized spacial score (nSPS) is 11.7. The molecule has 0 aliphatic rings. The van der Waals surface area contributed by atoms with Crippen molar-refractivity contribution in [1.29, 1.82) is 0 Å². The fourth-order valence-electron chi connectivity index (χ4n) is 8.29. The maximum atomic E-state index is 12.0. The molecular formula is C53H104O3. The molecule has 0 saturated carbocycles. The first-order valence-electron chi connectivity index (χ1n) is 26.2. The van der Waals surface area contributed by atoms with Gasteiger partial charge in [0.05, 0.1) is 6.61 Å². The minimum Gasteiger partial charge on any atom is -0.466 e. The van der Waals surface area contributed by atoms with Crippen LogP contribution < -0.4 is 0 Å². The lowest BCUT2D eigenvalue weighted by Gasteiger charge is -2.06. The van der Waals surface area contributed by atoms with E-state index in [0.29, 0.717) is 19.6 Å². The van der Waals surface area contributed by atoms with Crippen molar-refractivity contribution >= 4 is 5.97 Å². The van der Waals surface area contributed by atoms with Gasteiger partial charge in [-0.3, -0.25) is 4.79 Å². The summed E-state index contributed by atoms with van der Waals surface area (Å²) in [6.07, 6.45) is 68.1. The van der Waals surface area contributed by atoms with E-state index >= 15 is 0 Å². The average Bonchev–Trinajstić information content (AvgIpc) is 3.20. The van der Waals surface area contributed by atoms with Crippen LogP contribution in [0.1, 0.15) is 309 Å². The van der Waals surface area contributed by atoms with Gasteiger partial charge in [-0.05, 0) is 44.9 Å². The number of hydrogen-bond acceptors (Lipinski definition) is 3. The van der Waals surface area contributed by atoms with Crippen molar-refractivity contribution in [2.75, 3.05) is 13.2 Å². The Morgan fingerprint density at radius 1 is 0.339 bits per heavy atom. The molecule has 0 aromatic rings. The summed E-state index contributed by atoms with van der Waals surface area (Å²) in [5.74, 6) is 0.0182. The van der Waals surface area contributed by atoms with Gasteiger partial charge in [-0.1, -0.05) is 269 Å². The zero-order valence-electron chi connectivity index (χ0n) is 38.6. The quantitative estimate of drug-likeness (QED) is 0.0379. The molecule has 0 unspecified atom stereocenters. The van der Waals surface area contributed by atoms with Crippen LogP contribution >= 0.6 is 0 Å². The fourth-order valence-corrected chi connectivity index (χ4v) is 8.29. The largest absolute Gasteiger partial charge is 0.466 e. The highest BCUT2D eigenvalue weighted by molar-refractivity contribution is 5.69. The Labute approximate surface area is 353 Å². The smallest absolute Gasteiger partial charge is 0.305 e. The Bertz CT molecular complexity index is 732. The molecule has 0 spiro atoms. The van der Waals surface area contributed by atoms with Gasteiger partial charge in [-0.2, -0.15) is 0 Å². The highest BCUT2D eigenvalue weighted by atomic mass is 16.5. The van der Waals surface area contributed by atoms with Gasteiger partial charge < -0.3 is 9.84 Å². The first-order chi connectivity index (χ1) is 27.8. The summed E-state index contributed by atoms with van der Waals surface area (Å²) in [6.45, 7) is 3.26. The Balaban J connectivity index is 3.13. The van der Waals surface area contributed by atoms with Crippen LogP contribution in [0.25, 0.3) is 0 Å². The summed E-state index contributed by atoms with van der Waals surface area (Å²) >= 11 is 0. The fraction of sp³-hybridized carbons (Fsp3) is 0.943. The van der Waals surface area contributed by atoms with Crippen molar-refractivity contribution in [3.05, 3.63) is 12.2 Å². The molecule has 0 aliphatic heterocycles. The predicted molar refractivity (Wildman–Crippen MR) is 250 cm³/mol. The summed E-state index contributed by atoms with van der Waals surface area (Å²) in [5, 5.41) is 8.82. The number of carbonyl (C=O) groups is 1. The maximum absolute atomic E-state index is 12.0. The second-order valence-electron chi connectivity index (χ2n) is 17.9. The summed E-state index contributed by atoms with van der Waals surface area (Å²) < 4.78 is 5.47. The molecule has 0 radical (unpaired) electrons. The highest BCUT2D eigenvalue weighted by Crippen LogP contribution is 2.18. The van der Waals surface area contributed by atoms with Gasteiger partial charge >= 0.3 is 5.97 Å².